The molecule has 7 atom stereocenters. The number of carboxylic acids is 1. The SMILES string of the molecule is CC(C)(C)OC(=O)NC(CCCCN1C(=O)C2C3C=C[C@@H](C4C=CC34)C2C1=O)C(=O)O. The van der Waals surface area contributed by atoms with Gasteiger partial charge in [-0.05, 0) is 63.7 Å². The number of nitrogens with one attached hydrogen (secondary N) is 1. The Bertz CT molecular complexity index is 817. The van der Waals surface area contributed by atoms with Gasteiger partial charge >= 0.3 is 12.1 Å². The van der Waals surface area contributed by atoms with E-state index in [2.05, 4.69) is 29.6 Å². The van der Waals surface area contributed by atoms with E-state index in [1.165, 1.54) is 4.90 Å². The fraction of sp³-hybridized carbons (Fsp3) is 0.652. The zero-order valence-corrected chi connectivity index (χ0v) is 18.1. The molecule has 2 N–H and O–H groups in total. The van der Waals surface area contributed by atoms with Crippen molar-refractivity contribution in [3.05, 3.63) is 24.3 Å². The molecule has 1 heterocycles. The molecule has 168 valence electrons. The number of carboxylic acid groups (broad SMARTS) is 1. The van der Waals surface area contributed by atoms with E-state index in [1.54, 1.807) is 20.8 Å². The number of carbonyl (C=O) groups is 4. The zero-order chi connectivity index (χ0) is 22.5. The van der Waals surface area contributed by atoms with Gasteiger partial charge in [0.25, 0.3) is 0 Å². The maximum absolute atomic E-state index is 13.0. The number of imide groups is 1. The maximum Gasteiger partial charge on any atom is 0.408 e. The van der Waals surface area contributed by atoms with Crippen LogP contribution in [0.3, 0.4) is 0 Å². The lowest BCUT2D eigenvalue weighted by molar-refractivity contribution is -0.141. The number of carbonyl (C=O) groups excluding carboxylic acids is 3. The summed E-state index contributed by atoms with van der Waals surface area (Å²) in [5.74, 6) is -0.850. The summed E-state index contributed by atoms with van der Waals surface area (Å²) in [5, 5.41) is 11.7. The summed E-state index contributed by atoms with van der Waals surface area (Å²) in [6.07, 6.45) is 8.91. The minimum absolute atomic E-state index is 0.0882. The highest BCUT2D eigenvalue weighted by molar-refractivity contribution is 6.06. The third-order valence-electron chi connectivity index (χ3n) is 6.88. The number of allylic oxidation sites excluding steroid dienone is 4. The minimum atomic E-state index is -1.14. The highest BCUT2D eigenvalue weighted by atomic mass is 16.6. The molecule has 0 aromatic rings. The number of amides is 3. The summed E-state index contributed by atoms with van der Waals surface area (Å²) in [7, 11) is 0. The van der Waals surface area contributed by atoms with Gasteiger partial charge < -0.3 is 15.2 Å². The normalized spacial score (nSPS) is 33.6. The Morgan fingerprint density at radius 3 is 1.97 bits per heavy atom. The van der Waals surface area contributed by atoms with Crippen LogP contribution in [0.5, 0.6) is 0 Å². The number of rotatable bonds is 7. The number of alkyl carbamates (subject to hydrolysis) is 1. The molecular weight excluding hydrogens is 400 g/mol. The first-order valence-corrected chi connectivity index (χ1v) is 11.0. The Labute approximate surface area is 181 Å². The van der Waals surface area contributed by atoms with Crippen LogP contribution >= 0.6 is 0 Å². The van der Waals surface area contributed by atoms with Gasteiger partial charge in [-0.2, -0.15) is 0 Å². The van der Waals surface area contributed by atoms with Crippen LogP contribution in [0.2, 0.25) is 0 Å². The third kappa shape index (κ3) is 3.88. The van der Waals surface area contributed by atoms with E-state index in [4.69, 9.17) is 4.74 Å². The summed E-state index contributed by atoms with van der Waals surface area (Å²) in [6.45, 7) is 5.39. The number of ether oxygens (including phenoxy) is 1. The van der Waals surface area contributed by atoms with Crippen molar-refractivity contribution in [1.29, 1.82) is 0 Å². The van der Waals surface area contributed by atoms with Crippen molar-refractivity contribution in [3.63, 3.8) is 0 Å². The van der Waals surface area contributed by atoms with Gasteiger partial charge in [0.05, 0.1) is 11.8 Å². The predicted octanol–water partition coefficient (Wildman–Crippen LogP) is 2.35. The van der Waals surface area contributed by atoms with Crippen LogP contribution in [0.4, 0.5) is 4.79 Å². The second-order valence-corrected chi connectivity index (χ2v) is 9.99. The van der Waals surface area contributed by atoms with Gasteiger partial charge in [0, 0.05) is 6.54 Å². The maximum atomic E-state index is 13.0. The van der Waals surface area contributed by atoms with Gasteiger partial charge in [-0.15, -0.1) is 0 Å². The predicted molar refractivity (Wildman–Crippen MR) is 111 cm³/mol. The molecule has 3 amide bonds. The molecule has 0 aromatic heterocycles. The summed E-state index contributed by atoms with van der Waals surface area (Å²) < 4.78 is 5.11. The highest BCUT2D eigenvalue weighted by Gasteiger charge is 2.62. The van der Waals surface area contributed by atoms with Crippen LogP contribution in [0, 0.1) is 35.5 Å². The van der Waals surface area contributed by atoms with Gasteiger partial charge in [-0.3, -0.25) is 14.5 Å². The van der Waals surface area contributed by atoms with Crippen LogP contribution in [-0.2, 0) is 19.1 Å². The first kappa shape index (κ1) is 21.6. The van der Waals surface area contributed by atoms with E-state index in [9.17, 15) is 24.3 Å². The summed E-state index contributed by atoms with van der Waals surface area (Å²) in [6, 6.07) is -1.08. The van der Waals surface area contributed by atoms with Crippen LogP contribution in [0.15, 0.2) is 24.3 Å². The van der Waals surface area contributed by atoms with E-state index in [0.717, 1.165) is 0 Å². The molecular formula is C23H30N2O6. The molecule has 8 heteroatoms. The molecule has 1 aliphatic heterocycles. The lowest BCUT2D eigenvalue weighted by atomic mass is 9.50. The second-order valence-electron chi connectivity index (χ2n) is 9.99. The van der Waals surface area contributed by atoms with E-state index < -0.39 is 23.7 Å². The first-order chi connectivity index (χ1) is 14.6. The van der Waals surface area contributed by atoms with Crippen molar-refractivity contribution in [3.8, 4) is 0 Å². The fourth-order valence-electron chi connectivity index (χ4n) is 5.50. The van der Waals surface area contributed by atoms with Crippen molar-refractivity contribution in [2.75, 3.05) is 6.54 Å². The van der Waals surface area contributed by atoms with Gasteiger partial charge in [-0.25, -0.2) is 9.59 Å². The Morgan fingerprint density at radius 1 is 1.00 bits per heavy atom. The Morgan fingerprint density at radius 2 is 1.52 bits per heavy atom. The first-order valence-electron chi connectivity index (χ1n) is 11.0. The molecule has 0 radical (unpaired) electrons. The van der Waals surface area contributed by atoms with Gasteiger partial charge in [-0.1, -0.05) is 24.3 Å². The van der Waals surface area contributed by atoms with Gasteiger partial charge in [0.15, 0.2) is 0 Å². The number of nitrogens with zero attached hydrogens (tertiary/aromatic N) is 1. The van der Waals surface area contributed by atoms with E-state index in [-0.39, 0.29) is 48.5 Å². The molecule has 2 bridgehead atoms. The molecule has 1 saturated heterocycles. The molecule has 5 aliphatic rings. The molecule has 6 unspecified atom stereocenters. The topological polar surface area (TPSA) is 113 Å². The standard InChI is InChI=1S/C23H30N2O6/c1-23(2,3)31-22(30)24-16(21(28)29)6-4-5-11-25-19(26)17-14-9-10-15(18(17)20(25)27)13-8-7-12(13)14/h7-10,12-18H,4-6,11H2,1-3H3,(H,24,30)(H,28,29)/t12?,13?,14-,15?,16?,17?,18?/m0/s1. The number of hydrogen-bond donors (Lipinski definition) is 2. The number of hydrogen-bond acceptors (Lipinski definition) is 5. The lowest BCUT2D eigenvalue weighted by Gasteiger charge is -2.51. The van der Waals surface area contributed by atoms with E-state index in [0.29, 0.717) is 24.7 Å². The molecule has 5 rings (SSSR count). The Balaban J connectivity index is 1.29. The molecule has 0 aromatic carbocycles. The average Bonchev–Trinajstić information content (AvgIpc) is 2.88. The fourth-order valence-corrected chi connectivity index (χ4v) is 5.50. The van der Waals surface area contributed by atoms with Crippen molar-refractivity contribution < 1.29 is 29.0 Å². The van der Waals surface area contributed by atoms with Gasteiger partial charge in [0.2, 0.25) is 11.8 Å². The van der Waals surface area contributed by atoms with E-state index >= 15 is 0 Å². The van der Waals surface area contributed by atoms with Crippen molar-refractivity contribution >= 4 is 23.9 Å². The van der Waals surface area contributed by atoms with Crippen molar-refractivity contribution in [2.24, 2.45) is 35.5 Å². The lowest BCUT2D eigenvalue weighted by Crippen LogP contribution is -2.50. The highest BCUT2D eigenvalue weighted by Crippen LogP contribution is 2.58. The molecule has 1 saturated carbocycles. The van der Waals surface area contributed by atoms with Gasteiger partial charge in [0.1, 0.15) is 11.6 Å². The van der Waals surface area contributed by atoms with Crippen LogP contribution < -0.4 is 5.32 Å². The van der Waals surface area contributed by atoms with Crippen molar-refractivity contribution in [2.45, 2.75) is 51.7 Å². The number of unbranched alkanes of at least 4 members (excludes halogenated alkanes) is 1. The number of likely N-dealkylation sites (tertiary alicyclic amines) is 1. The molecule has 31 heavy (non-hydrogen) atoms. The van der Waals surface area contributed by atoms with Crippen LogP contribution in [0.25, 0.3) is 0 Å². The molecule has 0 spiro atoms. The molecule has 2 fully saturated rings. The van der Waals surface area contributed by atoms with E-state index in [1.807, 2.05) is 0 Å². The molecule has 4 aliphatic carbocycles. The smallest absolute Gasteiger partial charge is 0.408 e. The minimum Gasteiger partial charge on any atom is -0.480 e. The molecule has 8 nitrogen and oxygen atoms in total. The van der Waals surface area contributed by atoms with Crippen LogP contribution in [-0.4, -0.2) is 52.1 Å². The second kappa shape index (κ2) is 7.80. The quantitative estimate of drug-likeness (QED) is 0.364. The third-order valence-corrected chi connectivity index (χ3v) is 6.88. The Kier molecular flexibility index (Phi) is 5.43. The number of aliphatic carboxylic acids is 1. The summed E-state index contributed by atoms with van der Waals surface area (Å²) in [5.41, 5.74) is -0.719. The Hall–Kier alpha value is -2.64. The average molecular weight is 431 g/mol. The monoisotopic (exact) mass is 430 g/mol. The summed E-state index contributed by atoms with van der Waals surface area (Å²) >= 11 is 0. The largest absolute Gasteiger partial charge is 0.480 e. The summed E-state index contributed by atoms with van der Waals surface area (Å²) in [4.78, 5) is 50.7. The van der Waals surface area contributed by atoms with Crippen molar-refractivity contribution in [1.82, 2.24) is 10.2 Å². The zero-order valence-electron chi connectivity index (χ0n) is 18.1. The van der Waals surface area contributed by atoms with Crippen LogP contribution in [0.1, 0.15) is 40.0 Å².